The lowest BCUT2D eigenvalue weighted by molar-refractivity contribution is 0.0601. The van der Waals surface area contributed by atoms with Gasteiger partial charge in [-0.15, -0.1) is 0 Å². The predicted octanol–water partition coefficient (Wildman–Crippen LogP) is 1.27. The molecule has 4 heteroatoms. The Bertz CT molecular complexity index is 406. The van der Waals surface area contributed by atoms with E-state index < -0.39 is 0 Å². The minimum absolute atomic E-state index is 0.282. The molecular formula is C13H18N2O2. The van der Waals surface area contributed by atoms with Crippen LogP contribution in [-0.2, 0) is 4.74 Å². The lowest BCUT2D eigenvalue weighted by Crippen LogP contribution is -2.49. The van der Waals surface area contributed by atoms with E-state index in [4.69, 9.17) is 4.74 Å². The molecular weight excluding hydrogens is 216 g/mol. The van der Waals surface area contributed by atoms with E-state index in [0.29, 0.717) is 11.6 Å². The summed E-state index contributed by atoms with van der Waals surface area (Å²) in [6.45, 7) is 5.07. The maximum atomic E-state index is 11.5. The number of methoxy groups -OCH3 is 1. The summed E-state index contributed by atoms with van der Waals surface area (Å²) >= 11 is 0. The van der Waals surface area contributed by atoms with E-state index in [-0.39, 0.29) is 5.97 Å². The quantitative estimate of drug-likeness (QED) is 0.782. The molecule has 0 aromatic heterocycles. The molecule has 1 atom stereocenters. The van der Waals surface area contributed by atoms with Crippen molar-refractivity contribution in [3.8, 4) is 0 Å². The van der Waals surface area contributed by atoms with Crippen LogP contribution < -0.4 is 10.2 Å². The van der Waals surface area contributed by atoms with Crippen LogP contribution in [-0.4, -0.2) is 38.8 Å². The number of esters is 1. The smallest absolute Gasteiger partial charge is 0.337 e. The minimum atomic E-state index is -0.282. The molecule has 1 aromatic rings. The first-order valence-corrected chi connectivity index (χ1v) is 5.87. The number of hydrogen-bond acceptors (Lipinski definition) is 4. The Morgan fingerprint density at radius 3 is 3.06 bits per heavy atom. The van der Waals surface area contributed by atoms with Crippen molar-refractivity contribution >= 4 is 11.7 Å². The third-order valence-electron chi connectivity index (χ3n) is 3.00. The average Bonchev–Trinajstić information content (AvgIpc) is 2.38. The summed E-state index contributed by atoms with van der Waals surface area (Å²) in [4.78, 5) is 13.7. The second-order valence-electron chi connectivity index (χ2n) is 4.34. The molecule has 2 rings (SSSR count). The van der Waals surface area contributed by atoms with Gasteiger partial charge in [0.1, 0.15) is 0 Å². The molecule has 1 saturated heterocycles. The van der Waals surface area contributed by atoms with Crippen molar-refractivity contribution in [1.29, 1.82) is 0 Å². The van der Waals surface area contributed by atoms with Crippen LogP contribution in [0.1, 0.15) is 17.3 Å². The van der Waals surface area contributed by atoms with Crippen molar-refractivity contribution in [3.05, 3.63) is 29.8 Å². The van der Waals surface area contributed by atoms with Crippen LogP contribution in [0.25, 0.3) is 0 Å². The molecule has 1 N–H and O–H groups in total. The molecule has 0 aliphatic carbocycles. The van der Waals surface area contributed by atoms with E-state index in [1.165, 1.54) is 7.11 Å². The van der Waals surface area contributed by atoms with E-state index in [9.17, 15) is 4.79 Å². The molecule has 1 heterocycles. The van der Waals surface area contributed by atoms with Crippen LogP contribution in [0.3, 0.4) is 0 Å². The average molecular weight is 234 g/mol. The standard InChI is InChI=1S/C13H18N2O2/c1-10-9-15(7-6-14-10)12-5-3-4-11(8-12)13(16)17-2/h3-5,8,10,14H,6-7,9H2,1-2H3/t10-/m1/s1. The normalized spacial score (nSPS) is 20.1. The Hall–Kier alpha value is -1.55. The number of rotatable bonds is 2. The fraction of sp³-hybridized carbons (Fsp3) is 0.462. The molecule has 0 bridgehead atoms. The monoisotopic (exact) mass is 234 g/mol. The van der Waals surface area contributed by atoms with Crippen LogP contribution in [0, 0.1) is 0 Å². The molecule has 0 radical (unpaired) electrons. The van der Waals surface area contributed by atoms with E-state index in [0.717, 1.165) is 25.3 Å². The maximum Gasteiger partial charge on any atom is 0.337 e. The number of carbonyl (C=O) groups is 1. The Morgan fingerprint density at radius 1 is 1.53 bits per heavy atom. The largest absolute Gasteiger partial charge is 0.465 e. The molecule has 0 unspecified atom stereocenters. The van der Waals surface area contributed by atoms with E-state index in [1.54, 1.807) is 6.07 Å². The fourth-order valence-corrected chi connectivity index (χ4v) is 2.11. The Labute approximate surface area is 102 Å². The number of carbonyl (C=O) groups excluding carboxylic acids is 1. The van der Waals surface area contributed by atoms with Gasteiger partial charge in [-0.1, -0.05) is 6.07 Å². The maximum absolute atomic E-state index is 11.5. The first-order chi connectivity index (χ1) is 8.20. The van der Waals surface area contributed by atoms with Gasteiger partial charge in [0.05, 0.1) is 12.7 Å². The number of ether oxygens (including phenoxy) is 1. The van der Waals surface area contributed by atoms with Crippen molar-refractivity contribution in [2.24, 2.45) is 0 Å². The van der Waals surface area contributed by atoms with Gasteiger partial charge in [0.2, 0.25) is 0 Å². The molecule has 1 aliphatic heterocycles. The van der Waals surface area contributed by atoms with Gasteiger partial charge in [-0.05, 0) is 25.1 Å². The number of benzene rings is 1. The number of anilines is 1. The van der Waals surface area contributed by atoms with Gasteiger partial charge in [0.15, 0.2) is 0 Å². The molecule has 92 valence electrons. The highest BCUT2D eigenvalue weighted by Crippen LogP contribution is 2.18. The summed E-state index contributed by atoms with van der Waals surface area (Å²) in [5, 5.41) is 3.40. The zero-order valence-electron chi connectivity index (χ0n) is 10.3. The van der Waals surface area contributed by atoms with Crippen LogP contribution in [0.15, 0.2) is 24.3 Å². The van der Waals surface area contributed by atoms with Gasteiger partial charge in [-0.2, -0.15) is 0 Å². The zero-order chi connectivity index (χ0) is 12.3. The van der Waals surface area contributed by atoms with Crippen LogP contribution in [0.2, 0.25) is 0 Å². The van der Waals surface area contributed by atoms with Crippen LogP contribution in [0.5, 0.6) is 0 Å². The highest BCUT2D eigenvalue weighted by Gasteiger charge is 2.16. The van der Waals surface area contributed by atoms with Crippen molar-refractivity contribution < 1.29 is 9.53 Å². The van der Waals surface area contributed by atoms with Crippen LogP contribution >= 0.6 is 0 Å². The molecule has 4 nitrogen and oxygen atoms in total. The molecule has 1 aliphatic rings. The van der Waals surface area contributed by atoms with Gasteiger partial charge in [-0.25, -0.2) is 4.79 Å². The summed E-state index contributed by atoms with van der Waals surface area (Å²) < 4.78 is 4.73. The summed E-state index contributed by atoms with van der Waals surface area (Å²) in [7, 11) is 1.40. The number of nitrogens with zero attached hydrogens (tertiary/aromatic N) is 1. The van der Waals surface area contributed by atoms with E-state index >= 15 is 0 Å². The summed E-state index contributed by atoms with van der Waals surface area (Å²) in [6.07, 6.45) is 0. The zero-order valence-corrected chi connectivity index (χ0v) is 10.3. The molecule has 1 aromatic carbocycles. The van der Waals surface area contributed by atoms with Gasteiger partial charge in [0.25, 0.3) is 0 Å². The van der Waals surface area contributed by atoms with Crippen LogP contribution in [0.4, 0.5) is 5.69 Å². The highest BCUT2D eigenvalue weighted by molar-refractivity contribution is 5.90. The van der Waals surface area contributed by atoms with Gasteiger partial charge < -0.3 is 15.0 Å². The van der Waals surface area contributed by atoms with Crippen molar-refractivity contribution in [2.45, 2.75) is 13.0 Å². The second-order valence-corrected chi connectivity index (χ2v) is 4.34. The minimum Gasteiger partial charge on any atom is -0.465 e. The summed E-state index contributed by atoms with van der Waals surface area (Å²) in [6, 6.07) is 8.08. The SMILES string of the molecule is COC(=O)c1cccc(N2CCN[C@H](C)C2)c1. The Morgan fingerprint density at radius 2 is 2.35 bits per heavy atom. The molecule has 17 heavy (non-hydrogen) atoms. The first kappa shape index (κ1) is 11.9. The van der Waals surface area contributed by atoms with Gasteiger partial charge >= 0.3 is 5.97 Å². The van der Waals surface area contributed by atoms with Crippen molar-refractivity contribution in [2.75, 3.05) is 31.6 Å². The number of hydrogen-bond donors (Lipinski definition) is 1. The summed E-state index contributed by atoms with van der Waals surface area (Å²) in [5.41, 5.74) is 1.69. The predicted molar refractivity (Wildman–Crippen MR) is 67.5 cm³/mol. The first-order valence-electron chi connectivity index (χ1n) is 5.87. The molecule has 0 spiro atoms. The van der Waals surface area contributed by atoms with Gasteiger partial charge in [-0.3, -0.25) is 0 Å². The lowest BCUT2D eigenvalue weighted by atomic mass is 10.1. The highest BCUT2D eigenvalue weighted by atomic mass is 16.5. The topological polar surface area (TPSA) is 41.6 Å². The Kier molecular flexibility index (Phi) is 3.64. The fourth-order valence-electron chi connectivity index (χ4n) is 2.11. The van der Waals surface area contributed by atoms with Gasteiger partial charge in [0, 0.05) is 31.4 Å². The number of piperazine rings is 1. The van der Waals surface area contributed by atoms with Crippen molar-refractivity contribution in [3.63, 3.8) is 0 Å². The molecule has 0 saturated carbocycles. The third kappa shape index (κ3) is 2.77. The lowest BCUT2D eigenvalue weighted by Gasteiger charge is -2.33. The molecule has 1 fully saturated rings. The second kappa shape index (κ2) is 5.19. The van der Waals surface area contributed by atoms with E-state index in [2.05, 4.69) is 17.1 Å². The van der Waals surface area contributed by atoms with Crippen molar-refractivity contribution in [1.82, 2.24) is 5.32 Å². The molecule has 0 amide bonds. The van der Waals surface area contributed by atoms with E-state index in [1.807, 2.05) is 18.2 Å². The summed E-state index contributed by atoms with van der Waals surface area (Å²) in [5.74, 6) is -0.282. The Balaban J connectivity index is 2.17. The number of nitrogens with one attached hydrogen (secondary N) is 1. The third-order valence-corrected chi connectivity index (χ3v) is 3.00.